The summed E-state index contributed by atoms with van der Waals surface area (Å²) in [6, 6.07) is 8.30. The van der Waals surface area contributed by atoms with Gasteiger partial charge in [0.15, 0.2) is 14.2 Å². The summed E-state index contributed by atoms with van der Waals surface area (Å²) < 4.78 is 24.8. The molecule has 2 aliphatic rings. The second-order valence-electron chi connectivity index (χ2n) is 7.95. The number of aryl methyl sites for hydroxylation is 1. The van der Waals surface area contributed by atoms with Crippen LogP contribution in [-0.4, -0.2) is 53.6 Å². The number of aromatic nitrogens is 1. The smallest absolute Gasteiger partial charge is 0.233 e. The molecule has 1 amide bonds. The molecule has 8 heteroatoms. The van der Waals surface area contributed by atoms with Crippen LogP contribution in [0.3, 0.4) is 0 Å². The molecule has 156 valence electrons. The topological polar surface area (TPSA) is 67.3 Å². The Labute approximate surface area is 180 Å². The van der Waals surface area contributed by atoms with E-state index in [-0.39, 0.29) is 29.5 Å². The zero-order valence-corrected chi connectivity index (χ0v) is 19.0. The second-order valence-corrected chi connectivity index (χ2v) is 12.3. The van der Waals surface area contributed by atoms with Gasteiger partial charge in [-0.3, -0.25) is 4.79 Å². The maximum absolute atomic E-state index is 13.1. The molecule has 0 spiro atoms. The quantitative estimate of drug-likeness (QED) is 0.618. The molecule has 29 heavy (non-hydrogen) atoms. The number of rotatable bonds is 6. The molecule has 0 N–H and O–H groups in total. The standard InChI is InChI=1S/C21H26N2O3S3/c1-15-6-8-16(9-7-15)19-12-27-21(22-19)28-13-20(24)23(17-4-2-3-5-17)18-10-11-29(25,26)14-18/h6-9,12,17-18H,2-5,10-11,13-14H2,1H3/t18-/m0/s1. The summed E-state index contributed by atoms with van der Waals surface area (Å²) >= 11 is 3.01. The summed E-state index contributed by atoms with van der Waals surface area (Å²) in [5.41, 5.74) is 3.22. The van der Waals surface area contributed by atoms with Crippen molar-refractivity contribution >= 4 is 38.8 Å². The number of thiazole rings is 1. The van der Waals surface area contributed by atoms with Crippen LogP contribution < -0.4 is 0 Å². The van der Waals surface area contributed by atoms with Crippen molar-refractivity contribution < 1.29 is 13.2 Å². The minimum atomic E-state index is -3.01. The number of carbonyl (C=O) groups excluding carboxylic acids is 1. The molecule has 0 radical (unpaired) electrons. The molecule has 1 saturated carbocycles. The first kappa shape index (κ1) is 20.9. The van der Waals surface area contributed by atoms with Crippen molar-refractivity contribution in [1.29, 1.82) is 0 Å². The summed E-state index contributed by atoms with van der Waals surface area (Å²) in [6.07, 6.45) is 4.79. The van der Waals surface area contributed by atoms with Gasteiger partial charge in [0.05, 0.1) is 23.0 Å². The van der Waals surface area contributed by atoms with E-state index in [0.717, 1.165) is 41.3 Å². The highest BCUT2D eigenvalue weighted by molar-refractivity contribution is 8.01. The molecule has 2 heterocycles. The van der Waals surface area contributed by atoms with Gasteiger partial charge in [-0.2, -0.15) is 0 Å². The van der Waals surface area contributed by atoms with Gasteiger partial charge >= 0.3 is 0 Å². The predicted molar refractivity (Wildman–Crippen MR) is 119 cm³/mol. The number of nitrogens with zero attached hydrogens (tertiary/aromatic N) is 2. The molecule has 1 aromatic heterocycles. The van der Waals surface area contributed by atoms with E-state index in [1.165, 1.54) is 17.3 Å². The van der Waals surface area contributed by atoms with Gasteiger partial charge in [0.1, 0.15) is 0 Å². The van der Waals surface area contributed by atoms with Gasteiger partial charge in [-0.25, -0.2) is 13.4 Å². The third-order valence-corrected chi connectivity index (χ3v) is 9.51. The van der Waals surface area contributed by atoms with Crippen LogP contribution in [0.1, 0.15) is 37.7 Å². The maximum atomic E-state index is 13.1. The number of hydrogen-bond acceptors (Lipinski definition) is 6. The van der Waals surface area contributed by atoms with E-state index in [1.54, 1.807) is 11.3 Å². The van der Waals surface area contributed by atoms with Gasteiger partial charge in [-0.15, -0.1) is 11.3 Å². The summed E-state index contributed by atoms with van der Waals surface area (Å²) in [6.45, 7) is 2.06. The Bertz CT molecular complexity index is 963. The molecule has 0 unspecified atom stereocenters. The van der Waals surface area contributed by atoms with E-state index >= 15 is 0 Å². The van der Waals surface area contributed by atoms with E-state index in [1.807, 2.05) is 10.3 Å². The highest BCUT2D eigenvalue weighted by Gasteiger charge is 2.38. The number of thioether (sulfide) groups is 1. The van der Waals surface area contributed by atoms with Crippen LogP contribution in [0.5, 0.6) is 0 Å². The summed E-state index contributed by atoms with van der Waals surface area (Å²) in [5, 5.41) is 2.02. The van der Waals surface area contributed by atoms with Gasteiger partial charge in [0.25, 0.3) is 0 Å². The molecule has 1 atom stereocenters. The fraction of sp³-hybridized carbons (Fsp3) is 0.524. The van der Waals surface area contributed by atoms with E-state index in [0.29, 0.717) is 12.2 Å². The van der Waals surface area contributed by atoms with Gasteiger partial charge < -0.3 is 4.90 Å². The highest BCUT2D eigenvalue weighted by Crippen LogP contribution is 2.32. The Morgan fingerprint density at radius 3 is 2.55 bits per heavy atom. The van der Waals surface area contributed by atoms with E-state index in [4.69, 9.17) is 0 Å². The van der Waals surface area contributed by atoms with Crippen LogP contribution >= 0.6 is 23.1 Å². The van der Waals surface area contributed by atoms with Gasteiger partial charge in [0.2, 0.25) is 5.91 Å². The monoisotopic (exact) mass is 450 g/mol. The Kier molecular flexibility index (Phi) is 6.32. The zero-order chi connectivity index (χ0) is 20.4. The molecular formula is C21H26N2O3S3. The lowest BCUT2D eigenvalue weighted by Crippen LogP contribution is -2.47. The average Bonchev–Trinajstić information content (AvgIpc) is 3.43. The summed E-state index contributed by atoms with van der Waals surface area (Å²) in [5.74, 6) is 0.687. The Morgan fingerprint density at radius 1 is 1.17 bits per heavy atom. The first-order valence-corrected chi connectivity index (χ1v) is 13.8. The van der Waals surface area contributed by atoms with E-state index in [9.17, 15) is 13.2 Å². The van der Waals surface area contributed by atoms with Crippen molar-refractivity contribution in [3.63, 3.8) is 0 Å². The van der Waals surface area contributed by atoms with Crippen LogP contribution in [0.4, 0.5) is 0 Å². The molecule has 1 aliphatic heterocycles. The highest BCUT2D eigenvalue weighted by atomic mass is 32.2. The van der Waals surface area contributed by atoms with E-state index in [2.05, 4.69) is 36.2 Å². The number of benzene rings is 1. The molecule has 2 aromatic rings. The van der Waals surface area contributed by atoms with Crippen LogP contribution in [0.2, 0.25) is 0 Å². The molecular weight excluding hydrogens is 424 g/mol. The fourth-order valence-corrected chi connectivity index (χ4v) is 7.68. The minimum absolute atomic E-state index is 0.0519. The minimum Gasteiger partial charge on any atom is -0.335 e. The zero-order valence-electron chi connectivity index (χ0n) is 16.5. The average molecular weight is 451 g/mol. The number of amides is 1. The second kappa shape index (κ2) is 8.78. The molecule has 2 fully saturated rings. The van der Waals surface area contributed by atoms with Crippen molar-refractivity contribution in [3.8, 4) is 11.3 Å². The molecule has 1 aromatic carbocycles. The summed E-state index contributed by atoms with van der Waals surface area (Å²) in [7, 11) is -3.01. The van der Waals surface area contributed by atoms with Gasteiger partial charge in [-0.05, 0) is 26.2 Å². The van der Waals surface area contributed by atoms with Crippen LogP contribution in [0, 0.1) is 6.92 Å². The third-order valence-electron chi connectivity index (χ3n) is 5.76. The Morgan fingerprint density at radius 2 is 1.90 bits per heavy atom. The lowest BCUT2D eigenvalue weighted by molar-refractivity contribution is -0.132. The normalized spacial score (nSPS) is 21.5. The summed E-state index contributed by atoms with van der Waals surface area (Å²) in [4.78, 5) is 19.7. The first-order valence-electron chi connectivity index (χ1n) is 10.1. The van der Waals surface area contributed by atoms with Gasteiger partial charge in [0, 0.05) is 23.0 Å². The number of sulfone groups is 1. The molecule has 0 bridgehead atoms. The van der Waals surface area contributed by atoms with Crippen LogP contribution in [-0.2, 0) is 14.6 Å². The fourth-order valence-electron chi connectivity index (χ4n) is 4.26. The SMILES string of the molecule is Cc1ccc(-c2csc(SCC(=O)N(C3CCCC3)[C@H]3CCS(=O)(=O)C3)n2)cc1. The van der Waals surface area contributed by atoms with Crippen molar-refractivity contribution in [1.82, 2.24) is 9.88 Å². The van der Waals surface area contributed by atoms with Crippen molar-refractivity contribution in [2.24, 2.45) is 0 Å². The molecule has 1 aliphatic carbocycles. The van der Waals surface area contributed by atoms with Crippen LogP contribution in [0.15, 0.2) is 34.0 Å². The Hall–Kier alpha value is -1.38. The van der Waals surface area contributed by atoms with Crippen molar-refractivity contribution in [3.05, 3.63) is 35.2 Å². The largest absolute Gasteiger partial charge is 0.335 e. The van der Waals surface area contributed by atoms with Crippen molar-refractivity contribution in [2.75, 3.05) is 17.3 Å². The lowest BCUT2D eigenvalue weighted by Gasteiger charge is -2.34. The third kappa shape index (κ3) is 5.03. The maximum Gasteiger partial charge on any atom is 0.233 e. The molecule has 4 rings (SSSR count). The number of carbonyl (C=O) groups is 1. The lowest BCUT2D eigenvalue weighted by atomic mass is 10.1. The molecule has 1 saturated heterocycles. The van der Waals surface area contributed by atoms with Crippen molar-refractivity contribution in [2.45, 2.75) is 55.5 Å². The molecule has 5 nitrogen and oxygen atoms in total. The van der Waals surface area contributed by atoms with Gasteiger partial charge in [-0.1, -0.05) is 54.4 Å². The number of hydrogen-bond donors (Lipinski definition) is 0. The first-order chi connectivity index (χ1) is 13.9. The van der Waals surface area contributed by atoms with Crippen LogP contribution in [0.25, 0.3) is 11.3 Å². The predicted octanol–water partition coefficient (Wildman–Crippen LogP) is 4.17. The Balaban J connectivity index is 1.42. The van der Waals surface area contributed by atoms with E-state index < -0.39 is 9.84 Å².